The second-order valence-electron chi connectivity index (χ2n) is 17.9. The van der Waals surface area contributed by atoms with E-state index in [0.717, 1.165) is 44.7 Å². The second-order valence-corrected chi connectivity index (χ2v) is 29.1. The smallest absolute Gasteiger partial charge is 0.136 e. The summed E-state index contributed by atoms with van der Waals surface area (Å²) < 4.78 is 9.06. The van der Waals surface area contributed by atoms with E-state index < -0.39 is 16.1 Å². The van der Waals surface area contributed by atoms with Gasteiger partial charge in [-0.2, -0.15) is 0 Å². The highest BCUT2D eigenvalue weighted by atomic mass is 32.1. The number of para-hydroxylation sites is 1. The van der Waals surface area contributed by atoms with Crippen LogP contribution in [0.4, 0.5) is 34.1 Å². The minimum atomic E-state index is -1.48. The molecule has 59 heavy (non-hydrogen) atoms. The van der Waals surface area contributed by atoms with Crippen LogP contribution in [0, 0.1) is 6.92 Å². The minimum absolute atomic E-state index is 0.892. The average molecular weight is 817 g/mol. The highest BCUT2D eigenvalue weighted by molar-refractivity contribution is 7.26. The zero-order valence-corrected chi connectivity index (χ0v) is 37.6. The lowest BCUT2D eigenvalue weighted by Crippen LogP contribution is -2.37. The number of benzene rings is 8. The molecule has 0 N–H and O–H groups in total. The molecule has 0 fully saturated rings. The third-order valence-electron chi connectivity index (χ3n) is 11.8. The van der Waals surface area contributed by atoms with E-state index in [4.69, 9.17) is 4.42 Å². The van der Waals surface area contributed by atoms with Crippen molar-refractivity contribution in [3.63, 3.8) is 0 Å². The number of nitrogens with zero attached hydrogens (tertiary/aromatic N) is 2. The van der Waals surface area contributed by atoms with Crippen LogP contribution >= 0.6 is 11.3 Å². The molecule has 0 amide bonds. The van der Waals surface area contributed by atoms with Gasteiger partial charge in [-0.05, 0) is 108 Å². The lowest BCUT2D eigenvalue weighted by Gasteiger charge is -2.28. The molecule has 8 aromatic carbocycles. The van der Waals surface area contributed by atoms with Crippen LogP contribution < -0.4 is 20.2 Å². The van der Waals surface area contributed by atoms with E-state index in [2.05, 4.69) is 220 Å². The number of thiophene rings is 1. The van der Waals surface area contributed by atoms with Gasteiger partial charge in [-0.3, -0.25) is 0 Å². The van der Waals surface area contributed by atoms with Gasteiger partial charge in [0, 0.05) is 59.4 Å². The van der Waals surface area contributed by atoms with E-state index >= 15 is 0 Å². The zero-order valence-electron chi connectivity index (χ0n) is 34.8. The molecule has 10 rings (SSSR count). The quantitative estimate of drug-likeness (QED) is 0.142. The van der Waals surface area contributed by atoms with Crippen LogP contribution in [-0.2, 0) is 0 Å². The Morgan fingerprint density at radius 3 is 1.71 bits per heavy atom. The van der Waals surface area contributed by atoms with E-state index in [0.29, 0.717) is 0 Å². The van der Waals surface area contributed by atoms with E-state index in [9.17, 15) is 0 Å². The third kappa shape index (κ3) is 6.56. The van der Waals surface area contributed by atoms with Crippen molar-refractivity contribution in [1.82, 2.24) is 0 Å². The molecule has 2 aromatic heterocycles. The number of fused-ring (bicyclic) bond motifs is 8. The highest BCUT2D eigenvalue weighted by Gasteiger charge is 2.24. The summed E-state index contributed by atoms with van der Waals surface area (Å²) in [6.07, 6.45) is 0. The van der Waals surface area contributed by atoms with Crippen molar-refractivity contribution in [3.05, 3.63) is 169 Å². The van der Waals surface area contributed by atoms with Crippen LogP contribution in [0.1, 0.15) is 5.56 Å². The number of anilines is 6. The molecule has 0 aliphatic rings. The summed E-state index contributed by atoms with van der Waals surface area (Å²) in [7, 11) is -2.96. The Balaban J connectivity index is 1.20. The van der Waals surface area contributed by atoms with Crippen molar-refractivity contribution in [2.24, 2.45) is 0 Å². The van der Waals surface area contributed by atoms with Gasteiger partial charge in [0.05, 0.1) is 21.8 Å². The molecule has 0 unspecified atom stereocenters. The van der Waals surface area contributed by atoms with Crippen molar-refractivity contribution in [3.8, 4) is 0 Å². The number of rotatable bonds is 8. The summed E-state index contributed by atoms with van der Waals surface area (Å²) in [4.78, 5) is 4.89. The van der Waals surface area contributed by atoms with Gasteiger partial charge in [0.15, 0.2) is 0 Å². The van der Waals surface area contributed by atoms with Gasteiger partial charge >= 0.3 is 0 Å². The number of hydrogen-bond donors (Lipinski definition) is 0. The Kier molecular flexibility index (Phi) is 8.94. The normalized spacial score (nSPS) is 12.3. The molecule has 0 bridgehead atoms. The van der Waals surface area contributed by atoms with E-state index in [1.807, 2.05) is 11.3 Å². The highest BCUT2D eigenvalue weighted by Crippen LogP contribution is 2.48. The summed E-state index contributed by atoms with van der Waals surface area (Å²) >= 11 is 1.89. The van der Waals surface area contributed by atoms with Crippen LogP contribution in [0.5, 0.6) is 0 Å². The molecular weight excluding hydrogens is 769 g/mol. The van der Waals surface area contributed by atoms with E-state index in [-0.39, 0.29) is 0 Å². The SMILES string of the molecule is Cc1cc(N(c2ccc([Si](C)(C)C)cc2)c2ccc([Si](C)(C)C)cc2)cc2c1sc1cccc(N(c3ccccc3)c3ccc4oc5ccc6ccccc6c5c4c3)c12. The number of aryl methyl sites for hydroxylation is 1. The third-order valence-corrected chi connectivity index (χ3v) is 17.3. The van der Waals surface area contributed by atoms with Gasteiger partial charge in [0.1, 0.15) is 11.2 Å². The summed E-state index contributed by atoms with van der Waals surface area (Å²) in [6, 6.07) is 60.7. The van der Waals surface area contributed by atoms with E-state index in [1.54, 1.807) is 0 Å². The maximum Gasteiger partial charge on any atom is 0.136 e. The molecule has 0 radical (unpaired) electrons. The Morgan fingerprint density at radius 1 is 0.441 bits per heavy atom. The first-order chi connectivity index (χ1) is 28.4. The van der Waals surface area contributed by atoms with E-state index in [1.165, 1.54) is 58.3 Å². The summed E-state index contributed by atoms with van der Waals surface area (Å²) in [6.45, 7) is 16.8. The molecule has 0 atom stereocenters. The zero-order chi connectivity index (χ0) is 40.6. The van der Waals surface area contributed by atoms with Crippen LogP contribution in [-0.4, -0.2) is 16.1 Å². The van der Waals surface area contributed by atoms with Gasteiger partial charge in [0.2, 0.25) is 0 Å². The molecule has 290 valence electrons. The second kappa shape index (κ2) is 14.1. The molecule has 3 nitrogen and oxygen atoms in total. The summed E-state index contributed by atoms with van der Waals surface area (Å²) in [5.74, 6) is 0. The molecule has 0 aliphatic carbocycles. The van der Waals surface area contributed by atoms with Crippen LogP contribution in [0.25, 0.3) is 52.9 Å². The lowest BCUT2D eigenvalue weighted by atomic mass is 10.0. The fourth-order valence-electron chi connectivity index (χ4n) is 8.72. The van der Waals surface area contributed by atoms with Gasteiger partial charge in [-0.25, -0.2) is 0 Å². The van der Waals surface area contributed by atoms with Crippen LogP contribution in [0.3, 0.4) is 0 Å². The minimum Gasteiger partial charge on any atom is -0.456 e. The summed E-state index contributed by atoms with van der Waals surface area (Å²) in [5, 5.41) is 10.1. The molecule has 0 aliphatic heterocycles. The largest absolute Gasteiger partial charge is 0.456 e. The van der Waals surface area contributed by atoms with Crippen molar-refractivity contribution in [2.45, 2.75) is 46.2 Å². The molecule has 2 heterocycles. The standard InChI is InChI=1S/C53H48N2OSSi2/c1-35-32-41(54(38-21-26-42(27-22-38)58(2,3)4)39-23-28-43(29-24-39)59(5,6)7)34-46-52-47(18-13-19-50(52)57-53(35)46)55(37-15-9-8-10-16-37)40-25-31-48-45(33-40)51-44-17-12-11-14-36(44)20-30-49(51)56-48/h8-34H,1-7H3. The maximum absolute atomic E-state index is 6.47. The predicted octanol–water partition coefficient (Wildman–Crippen LogP) is 15.4. The first kappa shape index (κ1) is 37.4. The Labute approximate surface area is 352 Å². The number of furan rings is 1. The van der Waals surface area contributed by atoms with Gasteiger partial charge in [0.25, 0.3) is 0 Å². The van der Waals surface area contributed by atoms with Crippen LogP contribution in [0.15, 0.2) is 168 Å². The van der Waals surface area contributed by atoms with Crippen molar-refractivity contribution in [1.29, 1.82) is 0 Å². The van der Waals surface area contributed by atoms with Crippen molar-refractivity contribution >= 4 is 125 Å². The molecule has 10 aromatic rings. The Bertz CT molecular complexity index is 3130. The Morgan fingerprint density at radius 2 is 1.03 bits per heavy atom. The van der Waals surface area contributed by atoms with Gasteiger partial charge < -0.3 is 14.2 Å². The lowest BCUT2D eigenvalue weighted by molar-refractivity contribution is 0.669. The van der Waals surface area contributed by atoms with Gasteiger partial charge in [-0.15, -0.1) is 11.3 Å². The maximum atomic E-state index is 6.47. The van der Waals surface area contributed by atoms with Crippen molar-refractivity contribution < 1.29 is 4.42 Å². The summed E-state index contributed by atoms with van der Waals surface area (Å²) in [5.41, 5.74) is 9.93. The molecule has 6 heteroatoms. The fourth-order valence-corrected chi connectivity index (χ4v) is 12.2. The molecule has 0 saturated carbocycles. The molecule has 0 spiro atoms. The predicted molar refractivity (Wildman–Crippen MR) is 264 cm³/mol. The topological polar surface area (TPSA) is 19.6 Å². The van der Waals surface area contributed by atoms with Crippen molar-refractivity contribution in [2.75, 3.05) is 9.80 Å². The van der Waals surface area contributed by atoms with Crippen LogP contribution in [0.2, 0.25) is 39.3 Å². The monoisotopic (exact) mass is 816 g/mol. The first-order valence-electron chi connectivity index (χ1n) is 20.6. The fraction of sp³-hybridized carbons (Fsp3) is 0.132. The first-order valence-corrected chi connectivity index (χ1v) is 28.4. The molecule has 0 saturated heterocycles. The average Bonchev–Trinajstić information content (AvgIpc) is 3.81. The Hall–Kier alpha value is -5.93. The molecular formula is C53H48N2OSSi2. The van der Waals surface area contributed by atoms with Gasteiger partial charge in [-0.1, -0.05) is 129 Å². The number of hydrogen-bond acceptors (Lipinski definition) is 4.